The molecule has 144 valence electrons. The van der Waals surface area contributed by atoms with Crippen LogP contribution in [0.15, 0.2) is 36.4 Å². The summed E-state index contributed by atoms with van der Waals surface area (Å²) in [6.07, 6.45) is 0. The van der Waals surface area contributed by atoms with E-state index in [-0.39, 0.29) is 5.78 Å². The normalized spacial score (nSPS) is 10.4. The van der Waals surface area contributed by atoms with Gasteiger partial charge >= 0.3 is 5.97 Å². The molecule has 0 N–H and O–H groups in total. The number of hydrogen-bond donors (Lipinski definition) is 0. The Kier molecular flexibility index (Phi) is 7.64. The number of carbonyl (C=O) groups excluding carboxylic acids is 2. The Hall–Kier alpha value is -2.57. The van der Waals surface area contributed by atoms with Gasteiger partial charge in [-0.05, 0) is 43.3 Å². The predicted octanol–water partition coefficient (Wildman–Crippen LogP) is 3.93. The van der Waals surface area contributed by atoms with E-state index in [9.17, 15) is 9.59 Å². The molecule has 0 aromatic heterocycles. The molecule has 0 radical (unpaired) electrons. The molecular formula is C20H21ClO6. The minimum atomic E-state index is -0.608. The van der Waals surface area contributed by atoms with Gasteiger partial charge in [0, 0.05) is 17.7 Å². The van der Waals surface area contributed by atoms with Gasteiger partial charge in [-0.2, -0.15) is 0 Å². The molecule has 0 saturated carbocycles. The van der Waals surface area contributed by atoms with E-state index in [4.69, 9.17) is 30.5 Å². The van der Waals surface area contributed by atoms with Gasteiger partial charge in [-0.1, -0.05) is 11.6 Å². The lowest BCUT2D eigenvalue weighted by molar-refractivity contribution is 0.0474. The van der Waals surface area contributed by atoms with E-state index < -0.39 is 12.6 Å². The third-order valence-corrected chi connectivity index (χ3v) is 4.08. The third kappa shape index (κ3) is 5.45. The van der Waals surface area contributed by atoms with Crippen molar-refractivity contribution in [3.05, 3.63) is 58.1 Å². The summed E-state index contributed by atoms with van der Waals surface area (Å²) in [6.45, 7) is 2.33. The lowest BCUT2D eigenvalue weighted by atomic mass is 10.1. The highest BCUT2D eigenvalue weighted by Gasteiger charge is 2.15. The van der Waals surface area contributed by atoms with Gasteiger partial charge in [0.25, 0.3) is 0 Å². The molecule has 0 fully saturated rings. The molecule has 2 aromatic carbocycles. The average Bonchev–Trinajstić information content (AvgIpc) is 2.69. The van der Waals surface area contributed by atoms with E-state index in [1.807, 2.05) is 6.92 Å². The van der Waals surface area contributed by atoms with Crippen molar-refractivity contribution in [1.29, 1.82) is 0 Å². The van der Waals surface area contributed by atoms with Gasteiger partial charge in [-0.15, -0.1) is 0 Å². The zero-order valence-electron chi connectivity index (χ0n) is 15.4. The maximum absolute atomic E-state index is 12.3. The van der Waals surface area contributed by atoms with Crippen LogP contribution in [0.2, 0.25) is 5.02 Å². The topological polar surface area (TPSA) is 71.1 Å². The maximum Gasteiger partial charge on any atom is 0.338 e. The van der Waals surface area contributed by atoms with Gasteiger partial charge < -0.3 is 18.9 Å². The van der Waals surface area contributed by atoms with Crippen LogP contribution in [-0.2, 0) is 16.1 Å². The fraction of sp³-hybridized carbons (Fsp3) is 0.300. The molecule has 7 heteroatoms. The van der Waals surface area contributed by atoms with Crippen LogP contribution in [0.5, 0.6) is 11.5 Å². The van der Waals surface area contributed by atoms with Crippen LogP contribution in [-0.4, -0.2) is 39.2 Å². The largest absolute Gasteiger partial charge is 0.496 e. The molecule has 0 unspecified atom stereocenters. The van der Waals surface area contributed by atoms with Crippen molar-refractivity contribution in [2.24, 2.45) is 0 Å². The maximum atomic E-state index is 12.3. The number of ketones is 1. The molecular weight excluding hydrogens is 372 g/mol. The Labute approximate surface area is 162 Å². The average molecular weight is 393 g/mol. The number of halogens is 1. The lowest BCUT2D eigenvalue weighted by Crippen LogP contribution is -2.14. The standard InChI is InChI=1S/C20H21ClO6/c1-4-26-11-15-9-14(6-7-18(15)24-2)20(23)27-12-17(22)13-5-8-19(25-3)16(21)10-13/h5-10H,4,11-12H2,1-3H3. The van der Waals surface area contributed by atoms with Crippen LogP contribution < -0.4 is 9.47 Å². The summed E-state index contributed by atoms with van der Waals surface area (Å²) < 4.78 is 20.8. The second-order valence-corrected chi connectivity index (χ2v) is 5.92. The summed E-state index contributed by atoms with van der Waals surface area (Å²) in [5.41, 5.74) is 1.37. The molecule has 0 spiro atoms. The van der Waals surface area contributed by atoms with Crippen molar-refractivity contribution in [3.63, 3.8) is 0 Å². The molecule has 2 rings (SSSR count). The summed E-state index contributed by atoms with van der Waals surface area (Å²) in [6, 6.07) is 9.49. The fourth-order valence-corrected chi connectivity index (χ4v) is 2.63. The smallest absolute Gasteiger partial charge is 0.338 e. The lowest BCUT2D eigenvalue weighted by Gasteiger charge is -2.11. The van der Waals surface area contributed by atoms with E-state index in [1.54, 1.807) is 37.4 Å². The highest BCUT2D eigenvalue weighted by atomic mass is 35.5. The number of methoxy groups -OCH3 is 2. The highest BCUT2D eigenvalue weighted by molar-refractivity contribution is 6.32. The minimum absolute atomic E-state index is 0.310. The molecule has 0 aliphatic carbocycles. The number of Topliss-reactive ketones (excluding diaryl/α,β-unsaturated/α-hetero) is 1. The van der Waals surface area contributed by atoms with E-state index in [1.165, 1.54) is 13.2 Å². The molecule has 6 nitrogen and oxygen atoms in total. The first-order valence-corrected chi connectivity index (χ1v) is 8.66. The van der Waals surface area contributed by atoms with E-state index >= 15 is 0 Å². The van der Waals surface area contributed by atoms with Gasteiger partial charge in [0.1, 0.15) is 11.5 Å². The Morgan fingerprint density at radius 3 is 2.26 bits per heavy atom. The van der Waals surface area contributed by atoms with E-state index in [0.717, 1.165) is 5.56 Å². The second-order valence-electron chi connectivity index (χ2n) is 5.51. The van der Waals surface area contributed by atoms with Gasteiger partial charge in [0.2, 0.25) is 0 Å². The molecule has 0 bridgehead atoms. The van der Waals surface area contributed by atoms with Crippen molar-refractivity contribution in [1.82, 2.24) is 0 Å². The number of ether oxygens (including phenoxy) is 4. The molecule has 27 heavy (non-hydrogen) atoms. The molecule has 0 heterocycles. The number of esters is 1. The van der Waals surface area contributed by atoms with Crippen molar-refractivity contribution in [2.45, 2.75) is 13.5 Å². The predicted molar refractivity (Wildman–Crippen MR) is 101 cm³/mol. The number of hydrogen-bond acceptors (Lipinski definition) is 6. The zero-order chi connectivity index (χ0) is 19.8. The summed E-state index contributed by atoms with van der Waals surface area (Å²) >= 11 is 6.01. The Bertz CT molecular complexity index is 818. The SMILES string of the molecule is CCOCc1cc(C(=O)OCC(=O)c2ccc(OC)c(Cl)c2)ccc1OC. The van der Waals surface area contributed by atoms with Crippen LogP contribution in [0.25, 0.3) is 0 Å². The minimum Gasteiger partial charge on any atom is -0.496 e. The first-order valence-electron chi connectivity index (χ1n) is 8.28. The van der Waals surface area contributed by atoms with Crippen LogP contribution in [0.4, 0.5) is 0 Å². The zero-order valence-corrected chi connectivity index (χ0v) is 16.2. The quantitative estimate of drug-likeness (QED) is 0.475. The van der Waals surface area contributed by atoms with Crippen molar-refractivity contribution in [3.8, 4) is 11.5 Å². The van der Waals surface area contributed by atoms with Gasteiger partial charge in [-0.25, -0.2) is 4.79 Å². The molecule has 0 aliphatic rings. The second kappa shape index (κ2) is 9.94. The molecule has 0 saturated heterocycles. The monoisotopic (exact) mass is 392 g/mol. The van der Waals surface area contributed by atoms with Crippen LogP contribution in [0.3, 0.4) is 0 Å². The summed E-state index contributed by atoms with van der Waals surface area (Å²) in [5.74, 6) is 0.105. The number of benzene rings is 2. The number of rotatable bonds is 9. The summed E-state index contributed by atoms with van der Waals surface area (Å²) in [7, 11) is 3.03. The van der Waals surface area contributed by atoms with Crippen LogP contribution in [0.1, 0.15) is 33.2 Å². The first-order chi connectivity index (χ1) is 13.0. The van der Waals surface area contributed by atoms with Gasteiger partial charge in [0.05, 0.1) is 31.4 Å². The van der Waals surface area contributed by atoms with Gasteiger partial charge in [-0.3, -0.25) is 4.79 Å². The molecule has 0 atom stereocenters. The third-order valence-electron chi connectivity index (χ3n) is 3.79. The van der Waals surface area contributed by atoms with E-state index in [2.05, 4.69) is 0 Å². The number of carbonyl (C=O) groups is 2. The fourth-order valence-electron chi connectivity index (χ4n) is 2.37. The van der Waals surface area contributed by atoms with Crippen LogP contribution >= 0.6 is 11.6 Å². The van der Waals surface area contributed by atoms with Crippen LogP contribution in [0, 0.1) is 0 Å². The Morgan fingerprint density at radius 2 is 1.63 bits per heavy atom. The summed E-state index contributed by atoms with van der Waals surface area (Å²) in [5, 5.41) is 0.311. The first kappa shape index (κ1) is 20.7. The Balaban J connectivity index is 2.04. The highest BCUT2D eigenvalue weighted by Crippen LogP contribution is 2.25. The van der Waals surface area contributed by atoms with Crippen molar-refractivity contribution >= 4 is 23.4 Å². The van der Waals surface area contributed by atoms with Crippen molar-refractivity contribution in [2.75, 3.05) is 27.4 Å². The molecule has 2 aromatic rings. The summed E-state index contributed by atoms with van der Waals surface area (Å²) in [4.78, 5) is 24.5. The molecule has 0 aliphatic heterocycles. The van der Waals surface area contributed by atoms with E-state index in [0.29, 0.717) is 40.9 Å². The Morgan fingerprint density at radius 1 is 0.963 bits per heavy atom. The van der Waals surface area contributed by atoms with Crippen molar-refractivity contribution < 1.29 is 28.5 Å². The molecule has 0 amide bonds. The van der Waals surface area contributed by atoms with Gasteiger partial charge in [0.15, 0.2) is 12.4 Å².